The van der Waals surface area contributed by atoms with Crippen molar-refractivity contribution in [2.75, 3.05) is 6.61 Å². The van der Waals surface area contributed by atoms with E-state index in [0.29, 0.717) is 6.61 Å². The van der Waals surface area contributed by atoms with Crippen molar-refractivity contribution in [2.24, 2.45) is 0 Å². The molecule has 0 amide bonds. The number of nitrogens with zero attached hydrogens (tertiary/aromatic N) is 2. The molecule has 0 atom stereocenters. The standard InChI is InChI=1S/C9H14N2O2/c1-4-13-9(12)6-11-8(3)5-7(2)10-11/h5H,4,6H2,1-3H3. The van der Waals surface area contributed by atoms with Crippen LogP contribution >= 0.6 is 0 Å². The maximum Gasteiger partial charge on any atom is 0.327 e. The van der Waals surface area contributed by atoms with Crippen molar-refractivity contribution < 1.29 is 9.53 Å². The van der Waals surface area contributed by atoms with Gasteiger partial charge in [-0.1, -0.05) is 0 Å². The Bertz CT molecular complexity index is 305. The van der Waals surface area contributed by atoms with Gasteiger partial charge >= 0.3 is 5.97 Å². The zero-order valence-electron chi connectivity index (χ0n) is 8.20. The third-order valence-corrected chi connectivity index (χ3v) is 1.69. The Balaban J connectivity index is 2.63. The lowest BCUT2D eigenvalue weighted by molar-refractivity contribution is -0.144. The molecule has 0 aliphatic rings. The highest BCUT2D eigenvalue weighted by molar-refractivity contribution is 5.69. The first-order valence-corrected chi connectivity index (χ1v) is 4.30. The van der Waals surface area contributed by atoms with Crippen molar-refractivity contribution in [2.45, 2.75) is 27.3 Å². The molecule has 0 saturated carbocycles. The topological polar surface area (TPSA) is 44.1 Å². The molecular formula is C9H14N2O2. The number of aromatic nitrogens is 2. The number of hydrogen-bond acceptors (Lipinski definition) is 3. The number of carbonyl (C=O) groups is 1. The van der Waals surface area contributed by atoms with Crippen molar-refractivity contribution >= 4 is 5.97 Å². The minimum Gasteiger partial charge on any atom is -0.465 e. The molecule has 1 aromatic rings. The molecule has 4 nitrogen and oxygen atoms in total. The van der Waals surface area contributed by atoms with Crippen LogP contribution in [0.25, 0.3) is 0 Å². The van der Waals surface area contributed by atoms with Gasteiger partial charge in [-0.2, -0.15) is 5.10 Å². The summed E-state index contributed by atoms with van der Waals surface area (Å²) in [4.78, 5) is 11.1. The number of esters is 1. The summed E-state index contributed by atoms with van der Waals surface area (Å²) in [6.07, 6.45) is 0. The Kier molecular flexibility index (Phi) is 3.06. The summed E-state index contributed by atoms with van der Waals surface area (Å²) < 4.78 is 6.46. The number of aryl methyl sites for hydroxylation is 2. The molecule has 1 heterocycles. The van der Waals surface area contributed by atoms with Gasteiger partial charge in [0.25, 0.3) is 0 Å². The van der Waals surface area contributed by atoms with Crippen molar-refractivity contribution in [1.82, 2.24) is 9.78 Å². The third kappa shape index (κ3) is 2.57. The second-order valence-corrected chi connectivity index (χ2v) is 2.89. The molecule has 4 heteroatoms. The van der Waals surface area contributed by atoms with Crippen LogP contribution in [0.5, 0.6) is 0 Å². The number of rotatable bonds is 3. The zero-order valence-corrected chi connectivity index (χ0v) is 8.20. The molecule has 13 heavy (non-hydrogen) atoms. The van der Waals surface area contributed by atoms with Gasteiger partial charge in [0.15, 0.2) is 0 Å². The van der Waals surface area contributed by atoms with E-state index in [2.05, 4.69) is 5.10 Å². The van der Waals surface area contributed by atoms with Crippen LogP contribution in [0.2, 0.25) is 0 Å². The molecule has 0 spiro atoms. The molecule has 0 aromatic carbocycles. The molecule has 1 rings (SSSR count). The Labute approximate surface area is 77.5 Å². The van der Waals surface area contributed by atoms with E-state index in [1.807, 2.05) is 19.9 Å². The Morgan fingerprint density at radius 1 is 1.62 bits per heavy atom. The molecule has 0 aliphatic carbocycles. The third-order valence-electron chi connectivity index (χ3n) is 1.69. The van der Waals surface area contributed by atoms with Gasteiger partial charge in [-0.15, -0.1) is 0 Å². The summed E-state index contributed by atoms with van der Waals surface area (Å²) in [5.41, 5.74) is 1.90. The summed E-state index contributed by atoms with van der Waals surface area (Å²) in [6.45, 7) is 6.22. The first-order valence-electron chi connectivity index (χ1n) is 4.30. The second kappa shape index (κ2) is 4.07. The molecule has 0 saturated heterocycles. The Morgan fingerprint density at radius 3 is 2.77 bits per heavy atom. The van der Waals surface area contributed by atoms with Gasteiger partial charge in [0, 0.05) is 5.69 Å². The molecule has 0 fully saturated rings. The molecule has 1 aromatic heterocycles. The summed E-state index contributed by atoms with van der Waals surface area (Å²) in [5.74, 6) is -0.242. The smallest absolute Gasteiger partial charge is 0.327 e. The first-order chi connectivity index (χ1) is 6.13. The molecule has 72 valence electrons. The monoisotopic (exact) mass is 182 g/mol. The van der Waals surface area contributed by atoms with Crippen molar-refractivity contribution in [3.05, 3.63) is 17.5 Å². The predicted octanol–water partition coefficient (Wildman–Crippen LogP) is 1.06. The van der Waals surface area contributed by atoms with Crippen molar-refractivity contribution in [3.8, 4) is 0 Å². The average Bonchev–Trinajstić information content (AvgIpc) is 2.30. The van der Waals surface area contributed by atoms with Crippen LogP contribution in [0.4, 0.5) is 0 Å². The van der Waals surface area contributed by atoms with E-state index in [1.165, 1.54) is 0 Å². The van der Waals surface area contributed by atoms with E-state index < -0.39 is 0 Å². The molecule has 0 aliphatic heterocycles. The summed E-state index contributed by atoms with van der Waals surface area (Å²) >= 11 is 0. The van der Waals surface area contributed by atoms with E-state index in [-0.39, 0.29) is 12.5 Å². The summed E-state index contributed by atoms with van der Waals surface area (Å²) in [5, 5.41) is 4.15. The molecular weight excluding hydrogens is 168 g/mol. The fraction of sp³-hybridized carbons (Fsp3) is 0.556. The lowest BCUT2D eigenvalue weighted by atomic mass is 10.4. The molecule has 0 bridgehead atoms. The summed E-state index contributed by atoms with van der Waals surface area (Å²) in [6, 6.07) is 1.93. The van der Waals surface area contributed by atoms with Crippen LogP contribution in [-0.2, 0) is 16.1 Å². The van der Waals surface area contributed by atoms with Gasteiger partial charge in [0.05, 0.1) is 12.3 Å². The van der Waals surface area contributed by atoms with Gasteiger partial charge in [-0.3, -0.25) is 9.48 Å². The first kappa shape index (κ1) is 9.77. The lowest BCUT2D eigenvalue weighted by Gasteiger charge is -2.03. The molecule has 0 radical (unpaired) electrons. The number of carbonyl (C=O) groups excluding carboxylic acids is 1. The van der Waals surface area contributed by atoms with Crippen molar-refractivity contribution in [3.63, 3.8) is 0 Å². The largest absolute Gasteiger partial charge is 0.465 e. The molecule has 0 unspecified atom stereocenters. The quantitative estimate of drug-likeness (QED) is 0.656. The summed E-state index contributed by atoms with van der Waals surface area (Å²) in [7, 11) is 0. The second-order valence-electron chi connectivity index (χ2n) is 2.89. The van der Waals surface area contributed by atoms with Crippen LogP contribution in [0.3, 0.4) is 0 Å². The Hall–Kier alpha value is -1.32. The van der Waals surface area contributed by atoms with Gasteiger partial charge in [0.1, 0.15) is 6.54 Å². The van der Waals surface area contributed by atoms with Gasteiger partial charge < -0.3 is 4.74 Å². The highest BCUT2D eigenvalue weighted by Crippen LogP contribution is 2.01. The van der Waals surface area contributed by atoms with Crippen LogP contribution in [-0.4, -0.2) is 22.4 Å². The average molecular weight is 182 g/mol. The SMILES string of the molecule is CCOC(=O)Cn1nc(C)cc1C. The lowest BCUT2D eigenvalue weighted by Crippen LogP contribution is -2.15. The minimum atomic E-state index is -0.242. The van der Waals surface area contributed by atoms with Crippen LogP contribution in [0, 0.1) is 13.8 Å². The van der Waals surface area contributed by atoms with E-state index >= 15 is 0 Å². The number of ether oxygens (including phenoxy) is 1. The van der Waals surface area contributed by atoms with Crippen molar-refractivity contribution in [1.29, 1.82) is 0 Å². The van der Waals surface area contributed by atoms with Gasteiger partial charge in [0.2, 0.25) is 0 Å². The highest BCUT2D eigenvalue weighted by Gasteiger charge is 2.06. The molecule has 0 N–H and O–H groups in total. The fourth-order valence-electron chi connectivity index (χ4n) is 1.16. The van der Waals surface area contributed by atoms with Gasteiger partial charge in [-0.05, 0) is 26.8 Å². The maximum atomic E-state index is 11.1. The number of hydrogen-bond donors (Lipinski definition) is 0. The van der Waals surface area contributed by atoms with E-state index in [0.717, 1.165) is 11.4 Å². The minimum absolute atomic E-state index is 0.202. The Morgan fingerprint density at radius 2 is 2.31 bits per heavy atom. The predicted molar refractivity (Wildman–Crippen MR) is 48.3 cm³/mol. The van der Waals surface area contributed by atoms with E-state index in [4.69, 9.17) is 4.74 Å². The highest BCUT2D eigenvalue weighted by atomic mass is 16.5. The fourth-order valence-corrected chi connectivity index (χ4v) is 1.16. The van der Waals surface area contributed by atoms with Crippen LogP contribution in [0.1, 0.15) is 18.3 Å². The normalized spacial score (nSPS) is 10.1. The maximum absolute atomic E-state index is 11.1. The van der Waals surface area contributed by atoms with Gasteiger partial charge in [-0.25, -0.2) is 0 Å². The van der Waals surface area contributed by atoms with E-state index in [1.54, 1.807) is 11.6 Å². The zero-order chi connectivity index (χ0) is 9.84. The van der Waals surface area contributed by atoms with E-state index in [9.17, 15) is 4.79 Å². The van der Waals surface area contributed by atoms with Crippen LogP contribution in [0.15, 0.2) is 6.07 Å². The van der Waals surface area contributed by atoms with Crippen LogP contribution < -0.4 is 0 Å².